The smallest absolute Gasteiger partial charge is 0.305 e. The Morgan fingerprint density at radius 1 is 1.18 bits per heavy atom. The van der Waals surface area contributed by atoms with Crippen molar-refractivity contribution in [3.05, 3.63) is 29.8 Å². The zero-order chi connectivity index (χ0) is 16.7. The van der Waals surface area contributed by atoms with Crippen molar-refractivity contribution in [2.45, 2.75) is 45.6 Å². The average molecular weight is 307 g/mol. The van der Waals surface area contributed by atoms with Gasteiger partial charge in [0.2, 0.25) is 5.91 Å². The molecule has 0 aliphatic carbocycles. The fourth-order valence-corrected chi connectivity index (χ4v) is 2.32. The summed E-state index contributed by atoms with van der Waals surface area (Å²) in [5.41, 5.74) is 1.07. The zero-order valence-electron chi connectivity index (χ0n) is 13.7. The molecule has 1 N–H and O–H groups in total. The molecule has 0 saturated heterocycles. The zero-order valence-corrected chi connectivity index (χ0v) is 13.7. The van der Waals surface area contributed by atoms with Crippen molar-refractivity contribution in [3.8, 4) is 5.75 Å². The molecule has 1 atom stereocenters. The van der Waals surface area contributed by atoms with Gasteiger partial charge < -0.3 is 14.7 Å². The third-order valence-electron chi connectivity index (χ3n) is 3.68. The largest absolute Gasteiger partial charge is 0.497 e. The highest BCUT2D eigenvalue weighted by Crippen LogP contribution is 2.23. The number of carboxylic acid groups (broad SMARTS) is 1. The maximum atomic E-state index is 12.4. The van der Waals surface area contributed by atoms with Crippen LogP contribution in [-0.2, 0) is 9.59 Å². The van der Waals surface area contributed by atoms with Gasteiger partial charge in [0, 0.05) is 19.0 Å². The molecule has 0 aliphatic rings. The molecule has 0 spiro atoms. The van der Waals surface area contributed by atoms with E-state index in [4.69, 9.17) is 9.84 Å². The minimum atomic E-state index is -0.887. The molecule has 122 valence electrons. The van der Waals surface area contributed by atoms with Crippen LogP contribution in [0.4, 0.5) is 0 Å². The van der Waals surface area contributed by atoms with Crippen LogP contribution in [0, 0.1) is 0 Å². The number of nitrogens with zero attached hydrogens (tertiary/aromatic N) is 1. The molecule has 0 heterocycles. The average Bonchev–Trinajstić information content (AvgIpc) is 2.46. The van der Waals surface area contributed by atoms with Crippen molar-refractivity contribution in [1.82, 2.24) is 4.90 Å². The summed E-state index contributed by atoms with van der Waals surface area (Å²) >= 11 is 0. The second-order valence-electron chi connectivity index (χ2n) is 5.70. The van der Waals surface area contributed by atoms with Gasteiger partial charge in [0.25, 0.3) is 0 Å². The molecule has 1 unspecified atom stereocenters. The maximum absolute atomic E-state index is 12.4. The van der Waals surface area contributed by atoms with Crippen molar-refractivity contribution in [2.75, 3.05) is 13.7 Å². The van der Waals surface area contributed by atoms with Gasteiger partial charge in [0.1, 0.15) is 5.75 Å². The van der Waals surface area contributed by atoms with Crippen LogP contribution in [0.2, 0.25) is 0 Å². The van der Waals surface area contributed by atoms with Gasteiger partial charge in [-0.25, -0.2) is 0 Å². The van der Waals surface area contributed by atoms with Crippen LogP contribution in [0.25, 0.3) is 0 Å². The van der Waals surface area contributed by atoms with E-state index in [9.17, 15) is 9.59 Å². The third kappa shape index (κ3) is 5.39. The Labute approximate surface area is 131 Å². The molecule has 0 fully saturated rings. The van der Waals surface area contributed by atoms with Crippen LogP contribution in [0.5, 0.6) is 5.75 Å². The number of benzene rings is 1. The number of rotatable bonds is 8. The normalized spacial score (nSPS) is 12.0. The van der Waals surface area contributed by atoms with Crippen molar-refractivity contribution < 1.29 is 19.4 Å². The van der Waals surface area contributed by atoms with Gasteiger partial charge in [-0.05, 0) is 37.5 Å². The highest BCUT2D eigenvalue weighted by Gasteiger charge is 2.20. The van der Waals surface area contributed by atoms with Crippen LogP contribution >= 0.6 is 0 Å². The standard InChI is InChI=1S/C17H25NO4/c1-12(2)18(10-9-17(20)21)16(19)11-13(3)14-5-7-15(22-4)8-6-14/h5-8,12-13H,9-11H2,1-4H3,(H,20,21). The molecule has 0 saturated carbocycles. The van der Waals surface area contributed by atoms with Gasteiger partial charge in [-0.15, -0.1) is 0 Å². The Bertz CT molecular complexity index is 496. The molecule has 22 heavy (non-hydrogen) atoms. The highest BCUT2D eigenvalue weighted by atomic mass is 16.5. The molecule has 0 aliphatic heterocycles. The van der Waals surface area contributed by atoms with Gasteiger partial charge >= 0.3 is 5.97 Å². The second-order valence-corrected chi connectivity index (χ2v) is 5.70. The monoisotopic (exact) mass is 307 g/mol. The first-order chi connectivity index (χ1) is 10.3. The molecular formula is C17H25NO4. The first-order valence-corrected chi connectivity index (χ1v) is 7.50. The lowest BCUT2D eigenvalue weighted by molar-refractivity contribution is -0.139. The van der Waals surface area contributed by atoms with Crippen LogP contribution in [0.1, 0.15) is 45.1 Å². The summed E-state index contributed by atoms with van der Waals surface area (Å²) in [7, 11) is 1.62. The fraction of sp³-hybridized carbons (Fsp3) is 0.529. The van der Waals surface area contributed by atoms with Crippen LogP contribution < -0.4 is 4.74 Å². The number of hydrogen-bond donors (Lipinski definition) is 1. The molecule has 1 aromatic rings. The topological polar surface area (TPSA) is 66.8 Å². The van der Waals surface area contributed by atoms with Crippen LogP contribution in [-0.4, -0.2) is 41.6 Å². The van der Waals surface area contributed by atoms with E-state index < -0.39 is 5.97 Å². The predicted octanol–water partition coefficient (Wildman–Crippen LogP) is 2.90. The summed E-state index contributed by atoms with van der Waals surface area (Å²) in [6.45, 7) is 6.05. The van der Waals surface area contributed by atoms with Crippen molar-refractivity contribution >= 4 is 11.9 Å². The first-order valence-electron chi connectivity index (χ1n) is 7.50. The lowest BCUT2D eigenvalue weighted by Gasteiger charge is -2.27. The number of carboxylic acids is 1. The molecule has 0 aromatic heterocycles. The van der Waals surface area contributed by atoms with Crippen LogP contribution in [0.3, 0.4) is 0 Å². The minimum absolute atomic E-state index is 0.00471. The summed E-state index contributed by atoms with van der Waals surface area (Å²) < 4.78 is 5.12. The van der Waals surface area contributed by atoms with Gasteiger partial charge in [-0.1, -0.05) is 19.1 Å². The summed E-state index contributed by atoms with van der Waals surface area (Å²) in [5.74, 6) is -0.0433. The number of methoxy groups -OCH3 is 1. The minimum Gasteiger partial charge on any atom is -0.497 e. The van der Waals surface area contributed by atoms with E-state index in [-0.39, 0.29) is 30.8 Å². The van der Waals surface area contributed by atoms with E-state index in [1.165, 1.54) is 0 Å². The summed E-state index contributed by atoms with van der Waals surface area (Å²) in [6.07, 6.45) is 0.338. The second kappa shape index (κ2) is 8.41. The van der Waals surface area contributed by atoms with Gasteiger partial charge in [0.15, 0.2) is 0 Å². The number of carbonyl (C=O) groups excluding carboxylic acids is 1. The van der Waals surface area contributed by atoms with E-state index in [0.29, 0.717) is 6.42 Å². The molecule has 0 bridgehead atoms. The van der Waals surface area contributed by atoms with Gasteiger partial charge in [0.05, 0.1) is 13.5 Å². The lowest BCUT2D eigenvalue weighted by atomic mass is 9.97. The van der Waals surface area contributed by atoms with Gasteiger partial charge in [-0.2, -0.15) is 0 Å². The van der Waals surface area contributed by atoms with E-state index in [1.54, 1.807) is 12.0 Å². The Balaban J connectivity index is 2.68. The molecule has 0 radical (unpaired) electrons. The first kappa shape index (κ1) is 18.0. The molecule has 1 amide bonds. The van der Waals surface area contributed by atoms with Crippen LogP contribution in [0.15, 0.2) is 24.3 Å². The van der Waals surface area contributed by atoms with E-state index in [1.807, 2.05) is 45.0 Å². The Morgan fingerprint density at radius 2 is 1.77 bits per heavy atom. The molecule has 5 nitrogen and oxygen atoms in total. The lowest BCUT2D eigenvalue weighted by Crippen LogP contribution is -2.39. The van der Waals surface area contributed by atoms with Crippen molar-refractivity contribution in [3.63, 3.8) is 0 Å². The predicted molar refractivity (Wildman–Crippen MR) is 85.1 cm³/mol. The SMILES string of the molecule is COc1ccc(C(C)CC(=O)N(CCC(=O)O)C(C)C)cc1. The van der Waals surface area contributed by atoms with E-state index >= 15 is 0 Å². The third-order valence-corrected chi connectivity index (χ3v) is 3.68. The van der Waals surface area contributed by atoms with E-state index in [0.717, 1.165) is 11.3 Å². The van der Waals surface area contributed by atoms with Crippen molar-refractivity contribution in [1.29, 1.82) is 0 Å². The quantitative estimate of drug-likeness (QED) is 0.802. The Morgan fingerprint density at radius 3 is 2.23 bits per heavy atom. The number of carbonyl (C=O) groups is 2. The molecule has 1 rings (SSSR count). The number of amides is 1. The summed E-state index contributed by atoms with van der Waals surface area (Å²) in [4.78, 5) is 24.7. The molecule has 1 aromatic carbocycles. The Hall–Kier alpha value is -2.04. The number of ether oxygens (including phenoxy) is 1. The highest BCUT2D eigenvalue weighted by molar-refractivity contribution is 5.78. The Kier molecular flexibility index (Phi) is 6.89. The number of hydrogen-bond acceptors (Lipinski definition) is 3. The van der Waals surface area contributed by atoms with Crippen molar-refractivity contribution in [2.24, 2.45) is 0 Å². The molecular weight excluding hydrogens is 282 g/mol. The maximum Gasteiger partial charge on any atom is 0.305 e. The number of aliphatic carboxylic acids is 1. The molecule has 5 heteroatoms. The summed E-state index contributed by atoms with van der Waals surface area (Å²) in [5, 5.41) is 8.79. The fourth-order valence-electron chi connectivity index (χ4n) is 2.32. The van der Waals surface area contributed by atoms with Gasteiger partial charge in [-0.3, -0.25) is 9.59 Å². The van der Waals surface area contributed by atoms with E-state index in [2.05, 4.69) is 0 Å². The summed E-state index contributed by atoms with van der Waals surface area (Å²) in [6, 6.07) is 7.65.